The van der Waals surface area contributed by atoms with Crippen LogP contribution in [0.3, 0.4) is 0 Å². The molecule has 0 heterocycles. The Morgan fingerprint density at radius 3 is 2.36 bits per heavy atom. The smallest absolute Gasteiger partial charge is 0.308 e. The van der Waals surface area contributed by atoms with E-state index >= 15 is 0 Å². The first-order valence-electron chi connectivity index (χ1n) is 7.82. The molecule has 0 aromatic heterocycles. The van der Waals surface area contributed by atoms with Crippen molar-refractivity contribution in [3.05, 3.63) is 59.7 Å². The van der Waals surface area contributed by atoms with E-state index < -0.39 is 17.9 Å². The fourth-order valence-corrected chi connectivity index (χ4v) is 2.51. The molecule has 1 atom stereocenters. The van der Waals surface area contributed by atoms with Crippen molar-refractivity contribution in [2.75, 3.05) is 5.32 Å². The second kappa shape index (κ2) is 8.10. The molecule has 0 saturated carbocycles. The minimum atomic E-state index is -1.47. The lowest BCUT2D eigenvalue weighted by Crippen LogP contribution is -2.26. The number of nitrogens with one attached hydrogen (secondary N) is 1. The van der Waals surface area contributed by atoms with E-state index in [0.717, 1.165) is 11.6 Å². The molecule has 25 heavy (non-hydrogen) atoms. The van der Waals surface area contributed by atoms with Gasteiger partial charge in [0.25, 0.3) is 0 Å². The molecule has 1 N–H and O–H groups in total. The summed E-state index contributed by atoms with van der Waals surface area (Å²) >= 11 is 0. The Morgan fingerprint density at radius 2 is 1.80 bits per heavy atom. The van der Waals surface area contributed by atoms with E-state index in [2.05, 4.69) is 5.32 Å². The molecule has 2 rings (SSSR count). The second-order valence-electron chi connectivity index (χ2n) is 5.45. The number of rotatable bonds is 6. The van der Waals surface area contributed by atoms with Crippen LogP contribution in [0.15, 0.2) is 48.5 Å². The van der Waals surface area contributed by atoms with Crippen molar-refractivity contribution in [2.24, 2.45) is 0 Å². The molecule has 1 amide bonds. The Bertz CT molecular complexity index is 786. The maximum absolute atomic E-state index is 12.6. The third-order valence-electron chi connectivity index (χ3n) is 3.66. The van der Waals surface area contributed by atoms with Gasteiger partial charge in [-0.25, -0.2) is 0 Å². The number of hydrogen-bond acceptors (Lipinski definition) is 5. The molecule has 0 fully saturated rings. The van der Waals surface area contributed by atoms with Crippen LogP contribution in [-0.2, 0) is 9.59 Å². The minimum Gasteiger partial charge on any atom is -0.545 e. The van der Waals surface area contributed by atoms with E-state index in [-0.39, 0.29) is 22.9 Å². The number of benzene rings is 2. The zero-order valence-corrected chi connectivity index (χ0v) is 13.9. The molecule has 0 bridgehead atoms. The van der Waals surface area contributed by atoms with Gasteiger partial charge in [0, 0.05) is 12.5 Å². The highest BCUT2D eigenvalue weighted by Crippen LogP contribution is 2.25. The number of hydrogen-bond donors (Lipinski definition) is 1. The molecular formula is C19H18NO5-. The summed E-state index contributed by atoms with van der Waals surface area (Å²) in [6.45, 7) is 3.08. The van der Waals surface area contributed by atoms with Crippen LogP contribution < -0.4 is 15.2 Å². The van der Waals surface area contributed by atoms with E-state index in [4.69, 9.17) is 4.74 Å². The van der Waals surface area contributed by atoms with E-state index in [1.807, 2.05) is 37.3 Å². The van der Waals surface area contributed by atoms with E-state index in [1.54, 1.807) is 0 Å². The van der Waals surface area contributed by atoms with E-state index in [0.29, 0.717) is 6.42 Å². The van der Waals surface area contributed by atoms with Gasteiger partial charge >= 0.3 is 5.97 Å². The molecular weight excluding hydrogens is 322 g/mol. The van der Waals surface area contributed by atoms with Crippen LogP contribution in [0.1, 0.15) is 42.1 Å². The lowest BCUT2D eigenvalue weighted by molar-refractivity contribution is -0.254. The highest BCUT2D eigenvalue weighted by molar-refractivity contribution is 6.02. The first-order valence-corrected chi connectivity index (χ1v) is 7.82. The largest absolute Gasteiger partial charge is 0.545 e. The van der Waals surface area contributed by atoms with Gasteiger partial charge in [-0.2, -0.15) is 0 Å². The van der Waals surface area contributed by atoms with Crippen LogP contribution in [0.4, 0.5) is 5.69 Å². The molecule has 6 nitrogen and oxygen atoms in total. The lowest BCUT2D eigenvalue weighted by Gasteiger charge is -2.18. The normalized spacial score (nSPS) is 11.4. The van der Waals surface area contributed by atoms with Gasteiger partial charge in [0.05, 0.1) is 17.6 Å². The molecule has 0 radical (unpaired) electrons. The molecule has 0 unspecified atom stereocenters. The summed E-state index contributed by atoms with van der Waals surface area (Å²) in [5, 5.41) is 14.0. The number of aromatic carboxylic acids is 1. The summed E-state index contributed by atoms with van der Waals surface area (Å²) in [7, 11) is 0. The van der Waals surface area contributed by atoms with Gasteiger partial charge in [0.15, 0.2) is 0 Å². The number of anilines is 1. The molecule has 6 heteroatoms. The Kier molecular flexibility index (Phi) is 5.89. The standard InChI is InChI=1S/C19H19NO5/c1-3-15(13-7-5-4-6-8-13)18(22)20-17-10-9-14(25-12(2)21)11-16(17)19(23)24/h4-11,15H,3H2,1-2H3,(H,20,22)(H,23,24)/p-1/t15-/m0/s1. The third kappa shape index (κ3) is 4.67. The Balaban J connectivity index is 2.27. The van der Waals surface area contributed by atoms with Gasteiger partial charge < -0.3 is 20.0 Å². The second-order valence-corrected chi connectivity index (χ2v) is 5.45. The average molecular weight is 340 g/mol. The predicted molar refractivity (Wildman–Crippen MR) is 90.2 cm³/mol. The number of carbonyl (C=O) groups excluding carboxylic acids is 3. The summed E-state index contributed by atoms with van der Waals surface area (Å²) in [6, 6.07) is 13.2. The third-order valence-corrected chi connectivity index (χ3v) is 3.66. The molecule has 0 spiro atoms. The van der Waals surface area contributed by atoms with Gasteiger partial charge in [-0.15, -0.1) is 0 Å². The van der Waals surface area contributed by atoms with Crippen LogP contribution in [0, 0.1) is 0 Å². The number of esters is 1. The van der Waals surface area contributed by atoms with Crippen molar-refractivity contribution in [3.63, 3.8) is 0 Å². The van der Waals surface area contributed by atoms with Crippen LogP contribution in [-0.4, -0.2) is 17.8 Å². The van der Waals surface area contributed by atoms with Gasteiger partial charge in [-0.05, 0) is 30.2 Å². The first kappa shape index (κ1) is 18.2. The molecule has 130 valence electrons. The summed E-state index contributed by atoms with van der Waals surface area (Å²) in [5.74, 6) is -2.71. The maximum atomic E-state index is 12.6. The predicted octanol–water partition coefficient (Wildman–Crippen LogP) is 2.11. The van der Waals surface area contributed by atoms with Crippen molar-refractivity contribution >= 4 is 23.5 Å². The zero-order valence-electron chi connectivity index (χ0n) is 13.9. The summed E-state index contributed by atoms with van der Waals surface area (Å²) in [5.41, 5.74) is 0.680. The molecule has 2 aromatic rings. The Labute approximate surface area is 145 Å². The van der Waals surface area contributed by atoms with Crippen molar-refractivity contribution in [2.45, 2.75) is 26.2 Å². The SMILES string of the molecule is CC[C@H](C(=O)Nc1ccc(OC(C)=O)cc1C(=O)[O-])c1ccccc1. The monoisotopic (exact) mass is 340 g/mol. The van der Waals surface area contributed by atoms with Crippen molar-refractivity contribution in [1.29, 1.82) is 0 Å². The first-order chi connectivity index (χ1) is 11.9. The van der Waals surface area contributed by atoms with Gasteiger partial charge in [0.2, 0.25) is 5.91 Å². The summed E-state index contributed by atoms with van der Waals surface area (Å²) in [6.07, 6.45) is 0.558. The zero-order chi connectivity index (χ0) is 18.4. The molecule has 2 aromatic carbocycles. The fourth-order valence-electron chi connectivity index (χ4n) is 2.51. The van der Waals surface area contributed by atoms with Crippen molar-refractivity contribution in [3.8, 4) is 5.75 Å². The number of carbonyl (C=O) groups is 3. The highest BCUT2D eigenvalue weighted by atomic mass is 16.5. The fraction of sp³-hybridized carbons (Fsp3) is 0.211. The minimum absolute atomic E-state index is 0.0693. The van der Waals surface area contributed by atoms with Crippen molar-refractivity contribution < 1.29 is 24.2 Å². The Morgan fingerprint density at radius 1 is 1.12 bits per heavy atom. The number of ether oxygens (including phenoxy) is 1. The number of carboxylic acid groups (broad SMARTS) is 1. The van der Waals surface area contributed by atoms with Gasteiger partial charge in [-0.1, -0.05) is 37.3 Å². The van der Waals surface area contributed by atoms with E-state index in [1.165, 1.54) is 19.1 Å². The summed E-state index contributed by atoms with van der Waals surface area (Å²) in [4.78, 5) is 34.9. The van der Waals surface area contributed by atoms with Crippen LogP contribution in [0.5, 0.6) is 5.75 Å². The topological polar surface area (TPSA) is 95.5 Å². The van der Waals surface area contributed by atoms with Gasteiger partial charge in [0.1, 0.15) is 5.75 Å². The number of amides is 1. The summed E-state index contributed by atoms with van der Waals surface area (Å²) < 4.78 is 4.86. The van der Waals surface area contributed by atoms with Crippen LogP contribution >= 0.6 is 0 Å². The average Bonchev–Trinajstić information content (AvgIpc) is 2.57. The van der Waals surface area contributed by atoms with Gasteiger partial charge in [-0.3, -0.25) is 9.59 Å². The van der Waals surface area contributed by atoms with Crippen LogP contribution in [0.2, 0.25) is 0 Å². The highest BCUT2D eigenvalue weighted by Gasteiger charge is 2.20. The maximum Gasteiger partial charge on any atom is 0.308 e. The van der Waals surface area contributed by atoms with E-state index in [9.17, 15) is 19.5 Å². The molecule has 0 aliphatic rings. The Hall–Kier alpha value is -3.15. The molecule has 0 saturated heterocycles. The quantitative estimate of drug-likeness (QED) is 0.642. The lowest BCUT2D eigenvalue weighted by atomic mass is 9.95. The molecule has 0 aliphatic carbocycles. The number of carboxylic acids is 1. The van der Waals surface area contributed by atoms with Crippen molar-refractivity contribution in [1.82, 2.24) is 0 Å². The van der Waals surface area contributed by atoms with Crippen LogP contribution in [0.25, 0.3) is 0 Å². The molecule has 0 aliphatic heterocycles.